The fraction of sp³-hybridized carbons (Fsp3) is 0.316. The van der Waals surface area contributed by atoms with Crippen LogP contribution in [-0.4, -0.2) is 46.1 Å². The molecule has 0 saturated carbocycles. The van der Waals surface area contributed by atoms with E-state index in [9.17, 15) is 0 Å². The zero-order valence-electron chi connectivity index (χ0n) is 14.3. The quantitative estimate of drug-likeness (QED) is 0.692. The molecular formula is C19H19N5OS. The van der Waals surface area contributed by atoms with E-state index in [1.807, 2.05) is 35.7 Å². The molecule has 3 aromatic rings. The highest BCUT2D eigenvalue weighted by Gasteiger charge is 2.19. The standard InChI is InChI=1S/C19H19N5OS/c20-12-15-3-1-4-16(11-15)13-23-6-8-24(9-7-23)14-18-21-19(22-25-18)17-5-2-10-26-17/h1-5,10-11H,6-9,13-14H2. The first-order chi connectivity index (χ1) is 12.8. The lowest BCUT2D eigenvalue weighted by Crippen LogP contribution is -2.45. The second-order valence-electron chi connectivity index (χ2n) is 6.35. The maximum Gasteiger partial charge on any atom is 0.241 e. The molecule has 1 aliphatic rings. The number of thiophene rings is 1. The third kappa shape index (κ3) is 3.99. The van der Waals surface area contributed by atoms with E-state index in [0.717, 1.165) is 43.2 Å². The van der Waals surface area contributed by atoms with Gasteiger partial charge in [-0.15, -0.1) is 11.3 Å². The summed E-state index contributed by atoms with van der Waals surface area (Å²) in [7, 11) is 0. The van der Waals surface area contributed by atoms with E-state index >= 15 is 0 Å². The second-order valence-corrected chi connectivity index (χ2v) is 7.30. The van der Waals surface area contributed by atoms with Crippen LogP contribution >= 0.6 is 11.3 Å². The first-order valence-electron chi connectivity index (χ1n) is 8.60. The van der Waals surface area contributed by atoms with E-state index in [-0.39, 0.29) is 0 Å². The maximum absolute atomic E-state index is 9.02. The van der Waals surface area contributed by atoms with Gasteiger partial charge in [0.05, 0.1) is 23.1 Å². The first kappa shape index (κ1) is 16.9. The normalized spacial score (nSPS) is 15.8. The molecule has 1 aliphatic heterocycles. The number of nitrogens with zero attached hydrogens (tertiary/aromatic N) is 5. The average Bonchev–Trinajstić information content (AvgIpc) is 3.35. The summed E-state index contributed by atoms with van der Waals surface area (Å²) in [5, 5.41) is 15.1. The molecule has 0 radical (unpaired) electrons. The summed E-state index contributed by atoms with van der Waals surface area (Å²) in [4.78, 5) is 10.3. The predicted octanol–water partition coefficient (Wildman–Crippen LogP) is 2.99. The fourth-order valence-corrected chi connectivity index (χ4v) is 3.77. The van der Waals surface area contributed by atoms with Gasteiger partial charge in [0.15, 0.2) is 0 Å². The summed E-state index contributed by atoms with van der Waals surface area (Å²) >= 11 is 1.61. The van der Waals surface area contributed by atoms with Crippen LogP contribution in [0.25, 0.3) is 10.7 Å². The SMILES string of the molecule is N#Cc1cccc(CN2CCN(Cc3nc(-c4cccs4)no3)CC2)c1. The Bertz CT molecular complexity index is 891. The fourth-order valence-electron chi connectivity index (χ4n) is 3.12. The van der Waals surface area contributed by atoms with E-state index in [2.05, 4.69) is 32.1 Å². The number of aromatic nitrogens is 2. The molecular weight excluding hydrogens is 346 g/mol. The van der Waals surface area contributed by atoms with E-state index in [1.165, 1.54) is 5.56 Å². The van der Waals surface area contributed by atoms with Crippen molar-refractivity contribution in [2.45, 2.75) is 13.1 Å². The smallest absolute Gasteiger partial charge is 0.241 e. The topological polar surface area (TPSA) is 69.2 Å². The van der Waals surface area contributed by atoms with Gasteiger partial charge in [-0.05, 0) is 29.1 Å². The lowest BCUT2D eigenvalue weighted by molar-refractivity contribution is 0.112. The maximum atomic E-state index is 9.02. The molecule has 0 aliphatic carbocycles. The van der Waals surface area contributed by atoms with Crippen molar-refractivity contribution in [3.05, 3.63) is 58.8 Å². The molecule has 0 amide bonds. The third-order valence-corrected chi connectivity index (χ3v) is 5.36. The third-order valence-electron chi connectivity index (χ3n) is 4.50. The number of nitriles is 1. The van der Waals surface area contributed by atoms with Crippen molar-refractivity contribution in [2.24, 2.45) is 0 Å². The van der Waals surface area contributed by atoms with Gasteiger partial charge in [0, 0.05) is 32.7 Å². The van der Waals surface area contributed by atoms with Crippen LogP contribution in [0.1, 0.15) is 17.0 Å². The number of piperazine rings is 1. The summed E-state index contributed by atoms with van der Waals surface area (Å²) in [5.41, 5.74) is 1.91. The molecule has 0 bridgehead atoms. The Morgan fingerprint density at radius 3 is 2.62 bits per heavy atom. The van der Waals surface area contributed by atoms with Crippen molar-refractivity contribution in [1.29, 1.82) is 5.26 Å². The highest BCUT2D eigenvalue weighted by atomic mass is 32.1. The Kier molecular flexibility index (Phi) is 5.07. The van der Waals surface area contributed by atoms with Gasteiger partial charge in [0.25, 0.3) is 0 Å². The Balaban J connectivity index is 1.29. The van der Waals surface area contributed by atoms with Crippen LogP contribution in [0.5, 0.6) is 0 Å². The minimum absolute atomic E-state index is 0.670. The molecule has 1 aromatic carbocycles. The molecule has 4 rings (SSSR count). The van der Waals surface area contributed by atoms with E-state index < -0.39 is 0 Å². The molecule has 1 saturated heterocycles. The number of rotatable bonds is 5. The second kappa shape index (κ2) is 7.79. The van der Waals surface area contributed by atoms with Crippen LogP contribution in [0, 0.1) is 11.3 Å². The van der Waals surface area contributed by atoms with Crippen molar-refractivity contribution < 1.29 is 4.52 Å². The van der Waals surface area contributed by atoms with Crippen LogP contribution in [0.3, 0.4) is 0 Å². The summed E-state index contributed by atoms with van der Waals surface area (Å²) < 4.78 is 5.40. The summed E-state index contributed by atoms with van der Waals surface area (Å²) in [6, 6.07) is 14.0. The Morgan fingerprint density at radius 2 is 1.88 bits per heavy atom. The first-order valence-corrected chi connectivity index (χ1v) is 9.48. The Morgan fingerprint density at radius 1 is 1.08 bits per heavy atom. The van der Waals surface area contributed by atoms with Gasteiger partial charge in [0.1, 0.15) is 0 Å². The van der Waals surface area contributed by atoms with Crippen molar-refractivity contribution in [3.8, 4) is 16.8 Å². The van der Waals surface area contributed by atoms with Crippen LogP contribution in [0.2, 0.25) is 0 Å². The van der Waals surface area contributed by atoms with Gasteiger partial charge in [-0.3, -0.25) is 9.80 Å². The Labute approximate surface area is 156 Å². The van der Waals surface area contributed by atoms with Crippen molar-refractivity contribution in [3.63, 3.8) is 0 Å². The lowest BCUT2D eigenvalue weighted by Gasteiger charge is -2.33. The van der Waals surface area contributed by atoms with Gasteiger partial charge in [-0.1, -0.05) is 23.4 Å². The minimum atomic E-state index is 0.670. The van der Waals surface area contributed by atoms with Crippen molar-refractivity contribution >= 4 is 11.3 Å². The highest BCUT2D eigenvalue weighted by Crippen LogP contribution is 2.21. The summed E-state index contributed by atoms with van der Waals surface area (Å²) in [6.45, 7) is 5.48. The van der Waals surface area contributed by atoms with E-state index in [0.29, 0.717) is 18.3 Å². The molecule has 0 atom stereocenters. The van der Waals surface area contributed by atoms with Gasteiger partial charge < -0.3 is 4.52 Å². The molecule has 0 unspecified atom stereocenters. The van der Waals surface area contributed by atoms with Crippen LogP contribution in [-0.2, 0) is 13.1 Å². The molecule has 26 heavy (non-hydrogen) atoms. The molecule has 1 fully saturated rings. The zero-order valence-corrected chi connectivity index (χ0v) is 15.2. The zero-order chi connectivity index (χ0) is 17.8. The average molecular weight is 365 g/mol. The largest absolute Gasteiger partial charge is 0.338 e. The predicted molar refractivity (Wildman–Crippen MR) is 99.3 cm³/mol. The van der Waals surface area contributed by atoms with Gasteiger partial charge in [-0.2, -0.15) is 10.2 Å². The molecule has 7 heteroatoms. The molecule has 3 heterocycles. The summed E-state index contributed by atoms with van der Waals surface area (Å²) in [6.07, 6.45) is 0. The molecule has 6 nitrogen and oxygen atoms in total. The molecule has 132 valence electrons. The van der Waals surface area contributed by atoms with E-state index in [4.69, 9.17) is 9.78 Å². The number of hydrogen-bond donors (Lipinski definition) is 0. The van der Waals surface area contributed by atoms with Gasteiger partial charge in [0.2, 0.25) is 11.7 Å². The van der Waals surface area contributed by atoms with Crippen LogP contribution in [0.4, 0.5) is 0 Å². The van der Waals surface area contributed by atoms with E-state index in [1.54, 1.807) is 11.3 Å². The van der Waals surface area contributed by atoms with Crippen molar-refractivity contribution in [1.82, 2.24) is 19.9 Å². The molecule has 0 spiro atoms. The lowest BCUT2D eigenvalue weighted by atomic mass is 10.1. The number of hydrogen-bond acceptors (Lipinski definition) is 7. The minimum Gasteiger partial charge on any atom is -0.338 e. The van der Waals surface area contributed by atoms with Gasteiger partial charge >= 0.3 is 0 Å². The number of benzene rings is 1. The van der Waals surface area contributed by atoms with Crippen LogP contribution < -0.4 is 0 Å². The van der Waals surface area contributed by atoms with Crippen LogP contribution in [0.15, 0.2) is 46.3 Å². The molecule has 0 N–H and O–H groups in total. The van der Waals surface area contributed by atoms with Gasteiger partial charge in [-0.25, -0.2) is 0 Å². The van der Waals surface area contributed by atoms with Crippen molar-refractivity contribution in [2.75, 3.05) is 26.2 Å². The monoisotopic (exact) mass is 365 g/mol. The highest BCUT2D eigenvalue weighted by molar-refractivity contribution is 7.13. The summed E-state index contributed by atoms with van der Waals surface area (Å²) in [5.74, 6) is 1.34. The molecule has 2 aromatic heterocycles. The Hall–Kier alpha value is -2.53.